The molecule has 0 unspecified atom stereocenters. The van der Waals surface area contributed by atoms with Crippen LogP contribution in [0.3, 0.4) is 0 Å². The van der Waals surface area contributed by atoms with E-state index in [0.29, 0.717) is 16.4 Å². The molecule has 4 rings (SSSR count). The van der Waals surface area contributed by atoms with Crippen molar-refractivity contribution in [2.45, 2.75) is 19.9 Å². The number of Topliss-reactive ketones (excluding diaryl/α,β-unsaturated/α-hetero) is 1. The molecule has 1 saturated heterocycles. The van der Waals surface area contributed by atoms with Crippen LogP contribution >= 0.6 is 11.3 Å². The summed E-state index contributed by atoms with van der Waals surface area (Å²) in [7, 11) is 1.52. The average Bonchev–Trinajstić information content (AvgIpc) is 3.23. The first-order valence-corrected chi connectivity index (χ1v) is 10.3. The standard InChI is InChI=1S/C23H19FN2O4S/c1-12-13(2)31-23(25-12)26-19(15-5-4-6-17(11-15)30-3)18(21(28)22(26)29)20(27)14-7-9-16(24)10-8-14/h4-11,19,27H,1-3H3/b20-18+/t19-/m1/s1. The van der Waals surface area contributed by atoms with Crippen LogP contribution in [0.5, 0.6) is 5.75 Å². The highest BCUT2D eigenvalue weighted by atomic mass is 32.1. The van der Waals surface area contributed by atoms with Crippen molar-refractivity contribution in [2.75, 3.05) is 12.0 Å². The monoisotopic (exact) mass is 438 g/mol. The number of aryl methyl sites for hydroxylation is 2. The van der Waals surface area contributed by atoms with Crippen molar-refractivity contribution < 1.29 is 23.8 Å². The molecule has 0 saturated carbocycles. The number of hydrogen-bond donors (Lipinski definition) is 1. The van der Waals surface area contributed by atoms with Gasteiger partial charge >= 0.3 is 5.91 Å². The summed E-state index contributed by atoms with van der Waals surface area (Å²) in [4.78, 5) is 32.8. The summed E-state index contributed by atoms with van der Waals surface area (Å²) in [6, 6.07) is 11.1. The fourth-order valence-corrected chi connectivity index (χ4v) is 4.42. The number of aromatic nitrogens is 1. The number of aliphatic hydroxyl groups excluding tert-OH is 1. The van der Waals surface area contributed by atoms with Gasteiger partial charge in [-0.1, -0.05) is 12.1 Å². The maximum absolute atomic E-state index is 13.4. The van der Waals surface area contributed by atoms with Crippen molar-refractivity contribution in [3.63, 3.8) is 0 Å². The predicted octanol–water partition coefficient (Wildman–Crippen LogP) is 4.53. The Morgan fingerprint density at radius 2 is 1.87 bits per heavy atom. The van der Waals surface area contributed by atoms with E-state index in [2.05, 4.69) is 4.98 Å². The van der Waals surface area contributed by atoms with Crippen LogP contribution < -0.4 is 9.64 Å². The Morgan fingerprint density at radius 1 is 1.16 bits per heavy atom. The van der Waals surface area contributed by atoms with E-state index in [-0.39, 0.29) is 16.9 Å². The van der Waals surface area contributed by atoms with Crippen molar-refractivity contribution in [1.82, 2.24) is 4.98 Å². The molecule has 2 aromatic carbocycles. The van der Waals surface area contributed by atoms with E-state index in [9.17, 15) is 19.1 Å². The maximum atomic E-state index is 13.4. The Bertz CT molecular complexity index is 1200. The second-order valence-corrected chi connectivity index (χ2v) is 8.27. The normalized spacial score (nSPS) is 17.9. The van der Waals surface area contributed by atoms with Crippen LogP contribution in [0.25, 0.3) is 5.76 Å². The largest absolute Gasteiger partial charge is 0.507 e. The van der Waals surface area contributed by atoms with Crippen LogP contribution in [0.4, 0.5) is 9.52 Å². The van der Waals surface area contributed by atoms with E-state index < -0.39 is 23.5 Å². The molecule has 0 spiro atoms. The molecule has 1 fully saturated rings. The maximum Gasteiger partial charge on any atom is 0.301 e. The molecule has 31 heavy (non-hydrogen) atoms. The molecule has 1 aromatic heterocycles. The van der Waals surface area contributed by atoms with Gasteiger partial charge in [0.15, 0.2) is 5.13 Å². The van der Waals surface area contributed by atoms with E-state index in [0.717, 1.165) is 10.6 Å². The molecule has 1 aliphatic rings. The molecule has 0 radical (unpaired) electrons. The van der Waals surface area contributed by atoms with Crippen molar-refractivity contribution in [3.05, 3.63) is 81.6 Å². The Morgan fingerprint density at radius 3 is 2.48 bits per heavy atom. The van der Waals surface area contributed by atoms with Gasteiger partial charge < -0.3 is 9.84 Å². The highest BCUT2D eigenvalue weighted by molar-refractivity contribution is 7.16. The van der Waals surface area contributed by atoms with Crippen molar-refractivity contribution >= 4 is 33.9 Å². The summed E-state index contributed by atoms with van der Waals surface area (Å²) in [6.07, 6.45) is 0. The third-order valence-corrected chi connectivity index (χ3v) is 6.27. The quantitative estimate of drug-likeness (QED) is 0.368. The highest BCUT2D eigenvalue weighted by Gasteiger charge is 2.48. The highest BCUT2D eigenvalue weighted by Crippen LogP contribution is 2.44. The van der Waals surface area contributed by atoms with Crippen LogP contribution in [0, 0.1) is 19.7 Å². The Balaban J connectivity index is 1.96. The van der Waals surface area contributed by atoms with E-state index >= 15 is 0 Å². The van der Waals surface area contributed by atoms with Gasteiger partial charge in [0.1, 0.15) is 17.3 Å². The number of carbonyl (C=O) groups excluding carboxylic acids is 2. The number of benzene rings is 2. The Kier molecular flexibility index (Phi) is 5.32. The van der Waals surface area contributed by atoms with Crippen LogP contribution in [0.15, 0.2) is 54.1 Å². The van der Waals surface area contributed by atoms with Gasteiger partial charge in [-0.2, -0.15) is 0 Å². The van der Waals surface area contributed by atoms with Crippen LogP contribution in [0.2, 0.25) is 0 Å². The van der Waals surface area contributed by atoms with Crippen molar-refractivity contribution in [1.29, 1.82) is 0 Å². The summed E-state index contributed by atoms with van der Waals surface area (Å²) in [5, 5.41) is 11.4. The number of ketones is 1. The first kappa shape index (κ1) is 20.7. The zero-order valence-corrected chi connectivity index (χ0v) is 17.9. The molecule has 6 nitrogen and oxygen atoms in total. The smallest absolute Gasteiger partial charge is 0.301 e. The summed E-state index contributed by atoms with van der Waals surface area (Å²) in [6.45, 7) is 3.71. The number of rotatable bonds is 4. The van der Waals surface area contributed by atoms with Crippen molar-refractivity contribution in [3.8, 4) is 5.75 Å². The minimum atomic E-state index is -0.912. The predicted molar refractivity (Wildman–Crippen MR) is 116 cm³/mol. The number of aliphatic hydroxyl groups is 1. The minimum Gasteiger partial charge on any atom is -0.507 e. The molecule has 3 aromatic rings. The number of thiazole rings is 1. The van der Waals surface area contributed by atoms with Crippen LogP contribution in [-0.2, 0) is 9.59 Å². The Labute approximate surface area is 182 Å². The lowest BCUT2D eigenvalue weighted by atomic mass is 9.95. The number of amides is 1. The van der Waals surface area contributed by atoms with Gasteiger partial charge in [-0.3, -0.25) is 14.5 Å². The van der Waals surface area contributed by atoms with Gasteiger partial charge in [0.25, 0.3) is 5.78 Å². The molecule has 0 bridgehead atoms. The number of carbonyl (C=O) groups is 2. The van der Waals surface area contributed by atoms with Gasteiger partial charge in [-0.05, 0) is 55.8 Å². The van der Waals surface area contributed by atoms with Crippen LogP contribution in [0.1, 0.15) is 27.7 Å². The van der Waals surface area contributed by atoms with Gasteiger partial charge in [0, 0.05) is 10.4 Å². The zero-order chi connectivity index (χ0) is 22.3. The van der Waals surface area contributed by atoms with Gasteiger partial charge in [0.2, 0.25) is 0 Å². The first-order chi connectivity index (χ1) is 14.8. The minimum absolute atomic E-state index is 0.0876. The average molecular weight is 438 g/mol. The van der Waals surface area contributed by atoms with E-state index in [1.54, 1.807) is 24.3 Å². The van der Waals surface area contributed by atoms with Gasteiger partial charge in [-0.15, -0.1) is 11.3 Å². The molecule has 2 heterocycles. The third kappa shape index (κ3) is 3.59. The molecule has 158 valence electrons. The molecule has 1 atom stereocenters. The summed E-state index contributed by atoms with van der Waals surface area (Å²) >= 11 is 1.29. The number of anilines is 1. The number of methoxy groups -OCH3 is 1. The molecular weight excluding hydrogens is 419 g/mol. The molecule has 8 heteroatoms. The van der Waals surface area contributed by atoms with E-state index in [4.69, 9.17) is 4.74 Å². The first-order valence-electron chi connectivity index (χ1n) is 9.46. The lowest BCUT2D eigenvalue weighted by Crippen LogP contribution is -2.29. The van der Waals surface area contributed by atoms with E-state index in [1.165, 1.54) is 47.6 Å². The molecule has 0 aliphatic carbocycles. The summed E-state index contributed by atoms with van der Waals surface area (Å²) < 4.78 is 18.7. The number of nitrogens with zero attached hydrogens (tertiary/aromatic N) is 2. The molecule has 1 aliphatic heterocycles. The van der Waals surface area contributed by atoms with Gasteiger partial charge in [-0.25, -0.2) is 9.37 Å². The zero-order valence-electron chi connectivity index (χ0n) is 17.0. The SMILES string of the molecule is COc1cccc([C@@H]2/C(=C(\O)c3ccc(F)cc3)C(=O)C(=O)N2c2nc(C)c(C)s2)c1. The lowest BCUT2D eigenvalue weighted by Gasteiger charge is -2.23. The lowest BCUT2D eigenvalue weighted by molar-refractivity contribution is -0.132. The number of halogens is 1. The topological polar surface area (TPSA) is 79.7 Å². The number of hydrogen-bond acceptors (Lipinski definition) is 6. The third-order valence-electron chi connectivity index (χ3n) is 5.19. The fourth-order valence-electron chi connectivity index (χ4n) is 3.48. The molecular formula is C23H19FN2O4S. The van der Waals surface area contributed by atoms with Crippen molar-refractivity contribution in [2.24, 2.45) is 0 Å². The second kappa shape index (κ2) is 7.96. The van der Waals surface area contributed by atoms with E-state index in [1.807, 2.05) is 13.8 Å². The summed E-state index contributed by atoms with van der Waals surface area (Å²) in [5.41, 5.74) is 1.48. The fraction of sp³-hybridized carbons (Fsp3) is 0.174. The number of ether oxygens (including phenoxy) is 1. The van der Waals surface area contributed by atoms with Gasteiger partial charge in [0.05, 0.1) is 24.4 Å². The van der Waals surface area contributed by atoms with Crippen LogP contribution in [-0.4, -0.2) is 28.9 Å². The molecule has 1 N–H and O–H groups in total. The Hall–Kier alpha value is -3.52. The molecule has 1 amide bonds. The second-order valence-electron chi connectivity index (χ2n) is 7.09. The summed E-state index contributed by atoms with van der Waals surface area (Å²) in [5.74, 6) is -1.93.